The molecule has 16 heavy (non-hydrogen) atoms. The Morgan fingerprint density at radius 3 is 1.50 bits per heavy atom. The number of rotatable bonds is 4. The third-order valence-corrected chi connectivity index (χ3v) is 1.07. The van der Waals surface area contributed by atoms with E-state index in [0.717, 1.165) is 0 Å². The van der Waals surface area contributed by atoms with E-state index in [4.69, 9.17) is 30.6 Å². The lowest BCUT2D eigenvalue weighted by Gasteiger charge is -2.16. The quantitative estimate of drug-likeness (QED) is 0.294. The lowest BCUT2D eigenvalue weighted by Crippen LogP contribution is -2.40. The fourth-order valence-corrected chi connectivity index (χ4v) is 0.416. The minimum absolute atomic E-state index is 0.0869. The Balaban J connectivity index is -0.000000235. The van der Waals surface area contributed by atoms with E-state index in [1.54, 1.807) is 13.8 Å². The van der Waals surface area contributed by atoms with Gasteiger partial charge in [0, 0.05) is 13.2 Å². The molecule has 7 heteroatoms. The van der Waals surface area contributed by atoms with Crippen LogP contribution in [0.25, 0.3) is 0 Å². The van der Waals surface area contributed by atoms with Crippen LogP contribution in [0.2, 0.25) is 0 Å². The first-order valence-electron chi connectivity index (χ1n) is 4.78. The third kappa shape index (κ3) is 15.9. The Hall–Kier alpha value is -0.570. The monoisotopic (exact) mass is 242 g/mol. The van der Waals surface area contributed by atoms with Gasteiger partial charge in [-0.05, 0) is 13.8 Å². The number of aliphatic hydroxyl groups is 6. The SMILES string of the molecule is CCO.CCO.O=C[C@H](O)[C@@H](O)[C@H](O)CO. The molecule has 0 fully saturated rings. The van der Waals surface area contributed by atoms with Gasteiger partial charge >= 0.3 is 0 Å². The van der Waals surface area contributed by atoms with Crippen molar-refractivity contribution in [1.82, 2.24) is 0 Å². The number of aliphatic hydroxyl groups excluding tert-OH is 6. The Kier molecular flexibility index (Phi) is 21.9. The predicted octanol–water partition coefficient (Wildman–Crippen LogP) is -2.74. The zero-order valence-electron chi connectivity index (χ0n) is 9.52. The Morgan fingerprint density at radius 2 is 1.31 bits per heavy atom. The van der Waals surface area contributed by atoms with Crippen LogP contribution in [0.4, 0.5) is 0 Å². The third-order valence-electron chi connectivity index (χ3n) is 1.07. The van der Waals surface area contributed by atoms with Crippen LogP contribution in [-0.2, 0) is 4.79 Å². The summed E-state index contributed by atoms with van der Waals surface area (Å²) < 4.78 is 0. The van der Waals surface area contributed by atoms with E-state index in [9.17, 15) is 4.79 Å². The summed E-state index contributed by atoms with van der Waals surface area (Å²) in [5.74, 6) is 0. The Labute approximate surface area is 94.6 Å². The van der Waals surface area contributed by atoms with Crippen LogP contribution in [0, 0.1) is 0 Å². The molecule has 0 rings (SSSR count). The van der Waals surface area contributed by atoms with E-state index < -0.39 is 24.9 Å². The highest BCUT2D eigenvalue weighted by atomic mass is 16.4. The summed E-state index contributed by atoms with van der Waals surface area (Å²) in [6.45, 7) is 3.17. The van der Waals surface area contributed by atoms with Gasteiger partial charge in [-0.15, -0.1) is 0 Å². The molecule has 0 saturated carbocycles. The van der Waals surface area contributed by atoms with Gasteiger partial charge in [-0.25, -0.2) is 0 Å². The lowest BCUT2D eigenvalue weighted by atomic mass is 10.1. The number of aldehydes is 1. The maximum absolute atomic E-state index is 9.76. The standard InChI is InChI=1S/C5H10O5.2C2H6O/c6-1-3(8)5(10)4(9)2-7;2*1-2-3/h1,3-5,7-10H,2H2;2*3H,2H2,1H3/t3-,4+,5+;;/m0../s1. The summed E-state index contributed by atoms with van der Waals surface area (Å²) in [7, 11) is 0. The van der Waals surface area contributed by atoms with Crippen LogP contribution >= 0.6 is 0 Å². The van der Waals surface area contributed by atoms with Gasteiger partial charge in [-0.3, -0.25) is 0 Å². The Bertz CT molecular complexity index is 129. The van der Waals surface area contributed by atoms with Crippen LogP contribution in [0.5, 0.6) is 0 Å². The van der Waals surface area contributed by atoms with E-state index in [-0.39, 0.29) is 19.5 Å². The van der Waals surface area contributed by atoms with Crippen molar-refractivity contribution in [3.05, 3.63) is 0 Å². The molecule has 0 spiro atoms. The van der Waals surface area contributed by atoms with E-state index in [1.807, 2.05) is 0 Å². The average molecular weight is 242 g/mol. The van der Waals surface area contributed by atoms with Crippen LogP contribution in [0.3, 0.4) is 0 Å². The molecule has 7 nitrogen and oxygen atoms in total. The van der Waals surface area contributed by atoms with Gasteiger partial charge in [0.2, 0.25) is 0 Å². The fourth-order valence-electron chi connectivity index (χ4n) is 0.416. The van der Waals surface area contributed by atoms with E-state index in [2.05, 4.69) is 0 Å². The van der Waals surface area contributed by atoms with Crippen molar-refractivity contribution in [2.45, 2.75) is 32.2 Å². The zero-order chi connectivity index (χ0) is 13.6. The molecule has 0 aliphatic heterocycles. The van der Waals surface area contributed by atoms with Crippen molar-refractivity contribution in [3.63, 3.8) is 0 Å². The molecule has 0 aliphatic rings. The molecule has 0 radical (unpaired) electrons. The van der Waals surface area contributed by atoms with E-state index in [0.29, 0.717) is 0 Å². The van der Waals surface area contributed by atoms with Crippen molar-refractivity contribution in [3.8, 4) is 0 Å². The number of carbonyl (C=O) groups excluding carboxylic acids is 1. The summed E-state index contributed by atoms with van der Waals surface area (Å²) in [5, 5.41) is 49.2. The minimum atomic E-state index is -1.64. The predicted molar refractivity (Wildman–Crippen MR) is 56.7 cm³/mol. The normalized spacial score (nSPS) is 14.5. The summed E-state index contributed by atoms with van der Waals surface area (Å²) >= 11 is 0. The van der Waals surface area contributed by atoms with Gasteiger partial charge in [0.05, 0.1) is 6.61 Å². The van der Waals surface area contributed by atoms with Crippen LogP contribution in [-0.4, -0.2) is 75.1 Å². The molecule has 0 aromatic heterocycles. The molecule has 0 heterocycles. The second kappa shape index (κ2) is 16.8. The highest BCUT2D eigenvalue weighted by molar-refractivity contribution is 5.56. The number of carbonyl (C=O) groups is 1. The highest BCUT2D eigenvalue weighted by Gasteiger charge is 2.22. The van der Waals surface area contributed by atoms with Crippen molar-refractivity contribution >= 4 is 6.29 Å². The van der Waals surface area contributed by atoms with Gasteiger partial charge in [0.1, 0.15) is 18.3 Å². The molecule has 0 unspecified atom stereocenters. The van der Waals surface area contributed by atoms with Gasteiger partial charge < -0.3 is 35.4 Å². The molecular weight excluding hydrogens is 220 g/mol. The Morgan fingerprint density at radius 1 is 1.00 bits per heavy atom. The first-order chi connectivity index (χ1) is 7.46. The smallest absolute Gasteiger partial charge is 0.151 e. The molecular formula is C9H22O7. The molecule has 0 bridgehead atoms. The summed E-state index contributed by atoms with van der Waals surface area (Å²) in [6.07, 6.45) is -4.63. The first kappa shape index (κ1) is 20.8. The average Bonchev–Trinajstić information content (AvgIpc) is 2.28. The summed E-state index contributed by atoms with van der Waals surface area (Å²) in [4.78, 5) is 9.76. The molecule has 3 atom stereocenters. The van der Waals surface area contributed by atoms with Crippen LogP contribution in [0.1, 0.15) is 13.8 Å². The molecule has 6 N–H and O–H groups in total. The van der Waals surface area contributed by atoms with Gasteiger partial charge in [-0.1, -0.05) is 0 Å². The maximum atomic E-state index is 9.76. The van der Waals surface area contributed by atoms with E-state index >= 15 is 0 Å². The minimum Gasteiger partial charge on any atom is -0.397 e. The summed E-state index contributed by atoms with van der Waals surface area (Å²) in [6, 6.07) is 0. The van der Waals surface area contributed by atoms with Gasteiger partial charge in [-0.2, -0.15) is 0 Å². The molecule has 0 aliphatic carbocycles. The first-order valence-corrected chi connectivity index (χ1v) is 4.78. The highest BCUT2D eigenvalue weighted by Crippen LogP contribution is 1.96. The van der Waals surface area contributed by atoms with Crippen LogP contribution < -0.4 is 0 Å². The van der Waals surface area contributed by atoms with Gasteiger partial charge in [0.15, 0.2) is 6.29 Å². The molecule has 0 saturated heterocycles. The van der Waals surface area contributed by atoms with Crippen molar-refractivity contribution in [2.75, 3.05) is 19.8 Å². The van der Waals surface area contributed by atoms with Gasteiger partial charge in [0.25, 0.3) is 0 Å². The molecule has 0 amide bonds. The molecule has 0 aromatic rings. The second-order valence-corrected chi connectivity index (χ2v) is 2.50. The lowest BCUT2D eigenvalue weighted by molar-refractivity contribution is -0.127. The zero-order valence-corrected chi connectivity index (χ0v) is 9.52. The van der Waals surface area contributed by atoms with Crippen LogP contribution in [0.15, 0.2) is 0 Å². The second-order valence-electron chi connectivity index (χ2n) is 2.50. The van der Waals surface area contributed by atoms with Crippen molar-refractivity contribution in [1.29, 1.82) is 0 Å². The largest absolute Gasteiger partial charge is 0.397 e. The van der Waals surface area contributed by atoms with Crippen molar-refractivity contribution < 1.29 is 35.4 Å². The molecule has 100 valence electrons. The van der Waals surface area contributed by atoms with E-state index in [1.165, 1.54) is 0 Å². The number of hydrogen-bond acceptors (Lipinski definition) is 7. The fraction of sp³-hybridized carbons (Fsp3) is 0.889. The maximum Gasteiger partial charge on any atom is 0.151 e. The van der Waals surface area contributed by atoms with Crippen molar-refractivity contribution in [2.24, 2.45) is 0 Å². The summed E-state index contributed by atoms with van der Waals surface area (Å²) in [5.41, 5.74) is 0. The molecule has 0 aromatic carbocycles. The topological polar surface area (TPSA) is 138 Å². The number of hydrogen-bond donors (Lipinski definition) is 6.